The molecule has 0 fully saturated rings. The summed E-state index contributed by atoms with van der Waals surface area (Å²) in [5, 5.41) is 10.8. The Bertz CT molecular complexity index is 586. The minimum Gasteiger partial charge on any atom is -0.388 e. The maximum absolute atomic E-state index is 13.1. The van der Waals surface area contributed by atoms with E-state index in [1.165, 1.54) is 12.1 Å². The van der Waals surface area contributed by atoms with Crippen molar-refractivity contribution in [1.82, 2.24) is 0 Å². The van der Waals surface area contributed by atoms with Gasteiger partial charge in [0.15, 0.2) is 0 Å². The van der Waals surface area contributed by atoms with E-state index in [4.69, 9.17) is 17.3 Å². The topological polar surface area (TPSA) is 46.2 Å². The Hall–Kier alpha value is -1.42. The molecule has 0 radical (unpaired) electrons. The van der Waals surface area contributed by atoms with E-state index in [2.05, 4.69) is 0 Å². The number of aryl methyl sites for hydroxylation is 1. The molecule has 0 aliphatic carbocycles. The molecule has 0 spiro atoms. The molecule has 0 bridgehead atoms. The highest BCUT2D eigenvalue weighted by Gasteiger charge is 2.23. The van der Waals surface area contributed by atoms with Crippen LogP contribution in [0, 0.1) is 12.7 Å². The molecule has 106 valence electrons. The second-order valence-corrected chi connectivity index (χ2v) is 5.27. The zero-order chi connectivity index (χ0) is 14.7. The normalized spacial score (nSPS) is 14.1. The van der Waals surface area contributed by atoms with Crippen molar-refractivity contribution < 1.29 is 9.50 Å². The molecule has 0 aromatic heterocycles. The highest BCUT2D eigenvalue weighted by Crippen LogP contribution is 2.34. The Balaban J connectivity index is 2.33. The fourth-order valence-electron chi connectivity index (χ4n) is 2.22. The molecule has 0 amide bonds. The summed E-state index contributed by atoms with van der Waals surface area (Å²) in [5.74, 6) is -0.773. The molecular weight excluding hydrogens is 277 g/mol. The Morgan fingerprint density at radius 3 is 2.40 bits per heavy atom. The summed E-state index contributed by atoms with van der Waals surface area (Å²) in [7, 11) is 0. The predicted molar refractivity (Wildman–Crippen MR) is 79.3 cm³/mol. The number of benzene rings is 2. The smallest absolute Gasteiger partial charge is 0.124 e. The van der Waals surface area contributed by atoms with Gasteiger partial charge in [-0.1, -0.05) is 47.5 Å². The third-order valence-corrected chi connectivity index (χ3v) is 3.74. The molecule has 2 nitrogen and oxygen atoms in total. The highest BCUT2D eigenvalue weighted by molar-refractivity contribution is 6.31. The van der Waals surface area contributed by atoms with Crippen molar-refractivity contribution >= 4 is 11.6 Å². The van der Waals surface area contributed by atoms with Crippen molar-refractivity contribution in [3.63, 3.8) is 0 Å². The summed E-state index contributed by atoms with van der Waals surface area (Å²) in [4.78, 5) is 0. The van der Waals surface area contributed by atoms with Gasteiger partial charge in [0.25, 0.3) is 0 Å². The van der Waals surface area contributed by atoms with E-state index in [9.17, 15) is 9.50 Å². The Morgan fingerprint density at radius 2 is 1.85 bits per heavy atom. The zero-order valence-corrected chi connectivity index (χ0v) is 11.9. The van der Waals surface area contributed by atoms with Gasteiger partial charge in [-0.15, -0.1) is 0 Å². The van der Waals surface area contributed by atoms with Crippen LogP contribution in [-0.4, -0.2) is 11.7 Å². The number of aliphatic hydroxyl groups excluding tert-OH is 1. The number of halogens is 2. The first-order chi connectivity index (χ1) is 9.52. The molecule has 0 aliphatic rings. The van der Waals surface area contributed by atoms with Gasteiger partial charge in [0.1, 0.15) is 5.82 Å². The average Bonchev–Trinajstić information content (AvgIpc) is 2.42. The van der Waals surface area contributed by atoms with Crippen LogP contribution in [0.5, 0.6) is 0 Å². The summed E-state index contributed by atoms with van der Waals surface area (Å²) in [6.45, 7) is 2.20. The summed E-state index contributed by atoms with van der Waals surface area (Å²) in [5.41, 5.74) is 8.31. The molecule has 0 saturated carbocycles. The van der Waals surface area contributed by atoms with E-state index >= 15 is 0 Å². The SMILES string of the molecule is Cc1ccc(C(O)C(CN)c2ccc(F)cc2Cl)cc1. The maximum atomic E-state index is 13.1. The van der Waals surface area contributed by atoms with Gasteiger partial charge < -0.3 is 10.8 Å². The van der Waals surface area contributed by atoms with Gasteiger partial charge in [-0.25, -0.2) is 4.39 Å². The summed E-state index contributed by atoms with van der Waals surface area (Å²) >= 11 is 6.05. The van der Waals surface area contributed by atoms with Crippen molar-refractivity contribution in [1.29, 1.82) is 0 Å². The van der Waals surface area contributed by atoms with Crippen LogP contribution in [0.3, 0.4) is 0 Å². The quantitative estimate of drug-likeness (QED) is 0.905. The summed E-state index contributed by atoms with van der Waals surface area (Å²) in [6, 6.07) is 11.7. The molecule has 0 aliphatic heterocycles. The van der Waals surface area contributed by atoms with E-state index in [1.807, 2.05) is 31.2 Å². The van der Waals surface area contributed by atoms with E-state index in [0.717, 1.165) is 11.1 Å². The van der Waals surface area contributed by atoms with Crippen molar-refractivity contribution in [2.75, 3.05) is 6.54 Å². The van der Waals surface area contributed by atoms with Gasteiger partial charge >= 0.3 is 0 Å². The van der Waals surface area contributed by atoms with E-state index in [1.54, 1.807) is 6.07 Å². The molecular formula is C16H17ClFNO. The number of nitrogens with two attached hydrogens (primary N) is 1. The molecule has 2 atom stereocenters. The van der Waals surface area contributed by atoms with Crippen LogP contribution in [-0.2, 0) is 0 Å². The number of aliphatic hydroxyl groups is 1. The first kappa shape index (κ1) is 15.0. The van der Waals surface area contributed by atoms with Crippen molar-refractivity contribution in [2.45, 2.75) is 18.9 Å². The molecule has 0 saturated heterocycles. The zero-order valence-electron chi connectivity index (χ0n) is 11.2. The number of hydrogen-bond donors (Lipinski definition) is 2. The van der Waals surface area contributed by atoms with Crippen LogP contribution in [0.4, 0.5) is 4.39 Å². The summed E-state index contributed by atoms with van der Waals surface area (Å²) in [6.07, 6.45) is -0.774. The molecule has 2 rings (SSSR count). The number of rotatable bonds is 4. The minimum atomic E-state index is -0.774. The minimum absolute atomic E-state index is 0.223. The lowest BCUT2D eigenvalue weighted by atomic mass is 9.89. The molecule has 3 N–H and O–H groups in total. The second kappa shape index (κ2) is 6.35. The maximum Gasteiger partial charge on any atom is 0.124 e. The van der Waals surface area contributed by atoms with Crippen LogP contribution in [0.25, 0.3) is 0 Å². The van der Waals surface area contributed by atoms with Crippen molar-refractivity contribution in [3.8, 4) is 0 Å². The summed E-state index contributed by atoms with van der Waals surface area (Å²) < 4.78 is 13.1. The second-order valence-electron chi connectivity index (χ2n) is 4.86. The van der Waals surface area contributed by atoms with E-state index in [0.29, 0.717) is 5.56 Å². The molecule has 4 heteroatoms. The first-order valence-corrected chi connectivity index (χ1v) is 6.80. The molecule has 2 unspecified atom stereocenters. The fraction of sp³-hybridized carbons (Fsp3) is 0.250. The average molecular weight is 294 g/mol. The van der Waals surface area contributed by atoms with Gasteiger partial charge in [0.05, 0.1) is 6.10 Å². The predicted octanol–water partition coefficient (Wildman–Crippen LogP) is 3.56. The standard InChI is InChI=1S/C16H17ClFNO/c1-10-2-4-11(5-3-10)16(20)14(9-19)13-7-6-12(18)8-15(13)17/h2-8,14,16,20H,9,19H2,1H3. The van der Waals surface area contributed by atoms with Crippen LogP contribution >= 0.6 is 11.6 Å². The van der Waals surface area contributed by atoms with Gasteiger partial charge in [-0.2, -0.15) is 0 Å². The Kier molecular flexibility index (Phi) is 4.76. The third kappa shape index (κ3) is 3.18. The lowest BCUT2D eigenvalue weighted by Gasteiger charge is -2.23. The highest BCUT2D eigenvalue weighted by atomic mass is 35.5. The lowest BCUT2D eigenvalue weighted by Crippen LogP contribution is -2.20. The van der Waals surface area contributed by atoms with Crippen LogP contribution in [0.15, 0.2) is 42.5 Å². The van der Waals surface area contributed by atoms with Crippen molar-refractivity contribution in [3.05, 3.63) is 70.0 Å². The fourth-order valence-corrected chi connectivity index (χ4v) is 2.53. The molecule has 20 heavy (non-hydrogen) atoms. The van der Waals surface area contributed by atoms with Gasteiger partial charge in [-0.3, -0.25) is 0 Å². The monoisotopic (exact) mass is 293 g/mol. The van der Waals surface area contributed by atoms with Gasteiger partial charge in [0.2, 0.25) is 0 Å². The first-order valence-electron chi connectivity index (χ1n) is 6.42. The van der Waals surface area contributed by atoms with Crippen molar-refractivity contribution in [2.24, 2.45) is 5.73 Å². The van der Waals surface area contributed by atoms with Crippen LogP contribution in [0.1, 0.15) is 28.7 Å². The Morgan fingerprint density at radius 1 is 1.20 bits per heavy atom. The molecule has 2 aromatic carbocycles. The van der Waals surface area contributed by atoms with Gasteiger partial charge in [-0.05, 0) is 30.2 Å². The number of hydrogen-bond acceptors (Lipinski definition) is 2. The van der Waals surface area contributed by atoms with Crippen LogP contribution < -0.4 is 5.73 Å². The lowest BCUT2D eigenvalue weighted by molar-refractivity contribution is 0.147. The third-order valence-electron chi connectivity index (χ3n) is 3.42. The van der Waals surface area contributed by atoms with Gasteiger partial charge in [0, 0.05) is 17.5 Å². The Labute approximate surface area is 123 Å². The molecule has 0 heterocycles. The molecule has 2 aromatic rings. The van der Waals surface area contributed by atoms with E-state index in [-0.39, 0.29) is 17.5 Å². The largest absolute Gasteiger partial charge is 0.388 e. The van der Waals surface area contributed by atoms with Crippen LogP contribution in [0.2, 0.25) is 5.02 Å². The van der Waals surface area contributed by atoms with E-state index < -0.39 is 11.9 Å².